The maximum absolute atomic E-state index is 12.9. The molecule has 5 rings (SSSR count). The molecule has 0 spiro atoms. The first kappa shape index (κ1) is 28.1. The first-order valence-corrected chi connectivity index (χ1v) is 14.6. The number of carbonyl (C=O) groups excluding carboxylic acids is 1. The van der Waals surface area contributed by atoms with Gasteiger partial charge in [-0.3, -0.25) is 9.59 Å². The predicted molar refractivity (Wildman–Crippen MR) is 142 cm³/mol. The Balaban J connectivity index is 1.61. The zero-order valence-corrected chi connectivity index (χ0v) is 24.0. The molecule has 4 fully saturated rings. The second-order valence-electron chi connectivity index (χ2n) is 14.9. The molecule has 5 aliphatic carbocycles. The minimum absolute atomic E-state index is 0.0778. The van der Waals surface area contributed by atoms with Crippen molar-refractivity contribution in [2.24, 2.45) is 50.2 Å². The van der Waals surface area contributed by atoms with Gasteiger partial charge in [0.15, 0.2) is 0 Å². The van der Waals surface area contributed by atoms with Gasteiger partial charge < -0.3 is 25.2 Å². The zero-order chi connectivity index (χ0) is 28.1. The first-order chi connectivity index (χ1) is 17.6. The Labute approximate surface area is 227 Å². The van der Waals surface area contributed by atoms with Gasteiger partial charge in [-0.2, -0.15) is 0 Å². The van der Waals surface area contributed by atoms with Crippen LogP contribution in [0.15, 0.2) is 11.6 Å². The van der Waals surface area contributed by atoms with E-state index in [0.29, 0.717) is 32.1 Å². The Morgan fingerprint density at radius 1 is 0.974 bits per heavy atom. The normalized spacial score (nSPS) is 53.9. The monoisotopic (exact) mass is 532 g/mol. The number of fused-ring (bicyclic) bond motifs is 7. The number of aliphatic carboxylic acids is 1. The van der Waals surface area contributed by atoms with Crippen LogP contribution in [-0.4, -0.2) is 58.3 Å². The lowest BCUT2D eigenvalue weighted by atomic mass is 9.33. The van der Waals surface area contributed by atoms with Crippen LogP contribution < -0.4 is 0 Å². The third-order valence-corrected chi connectivity index (χ3v) is 13.6. The van der Waals surface area contributed by atoms with Gasteiger partial charge in [0, 0.05) is 5.41 Å². The van der Waals surface area contributed by atoms with E-state index < -0.39 is 34.4 Å². The molecule has 0 aromatic rings. The molecule has 11 atom stereocenters. The maximum Gasteiger partial charge on any atom is 0.311 e. The number of esters is 1. The van der Waals surface area contributed by atoms with E-state index in [9.17, 15) is 30.0 Å². The third-order valence-electron chi connectivity index (χ3n) is 13.6. The number of aliphatic hydroxyl groups excluding tert-OH is 3. The summed E-state index contributed by atoms with van der Waals surface area (Å²) in [6.07, 6.45) is 6.37. The number of carbonyl (C=O) groups is 2. The molecule has 4 N–H and O–H groups in total. The molecule has 0 heterocycles. The van der Waals surface area contributed by atoms with Gasteiger partial charge in [-0.15, -0.1) is 0 Å². The van der Waals surface area contributed by atoms with Gasteiger partial charge in [0.1, 0.15) is 0 Å². The zero-order valence-electron chi connectivity index (χ0n) is 24.0. The van der Waals surface area contributed by atoms with Crippen LogP contribution in [0, 0.1) is 50.2 Å². The van der Waals surface area contributed by atoms with Gasteiger partial charge in [-0.1, -0.05) is 39.3 Å². The summed E-state index contributed by atoms with van der Waals surface area (Å²) in [6.45, 7) is 10.6. The standard InChI is InChI=1S/C31H48O7/c1-26(25(37)38-6)11-13-31(24(35)36)14-12-29(4)18(19(31)15-26)7-8-22-27(2)16-20(33)23(34)28(3,17-32)21(27)9-10-30(22,29)5/h7,19-23,32-34H,8-17H2,1-6H3,(H,35,36)/t19?,20-,21+,22?,23-,26-,27?,28-,29+,30+,31?/m0/s1. The quantitative estimate of drug-likeness (QED) is 0.315. The molecule has 7 heteroatoms. The molecular weight excluding hydrogens is 484 g/mol. The molecule has 4 unspecified atom stereocenters. The van der Waals surface area contributed by atoms with Crippen molar-refractivity contribution in [1.29, 1.82) is 0 Å². The Bertz CT molecular complexity index is 1050. The third kappa shape index (κ3) is 3.24. The minimum atomic E-state index is -0.954. The van der Waals surface area contributed by atoms with Crippen molar-refractivity contribution in [3.63, 3.8) is 0 Å². The highest BCUT2D eigenvalue weighted by Gasteiger charge is 2.71. The van der Waals surface area contributed by atoms with Crippen molar-refractivity contribution in [1.82, 2.24) is 0 Å². The summed E-state index contributed by atoms with van der Waals surface area (Å²) >= 11 is 0. The molecule has 0 saturated heterocycles. The fourth-order valence-electron chi connectivity index (χ4n) is 11.0. The lowest BCUT2D eigenvalue weighted by molar-refractivity contribution is -0.243. The van der Waals surface area contributed by atoms with Crippen molar-refractivity contribution < 1.29 is 34.8 Å². The Morgan fingerprint density at radius 3 is 2.24 bits per heavy atom. The second kappa shape index (κ2) is 8.53. The summed E-state index contributed by atoms with van der Waals surface area (Å²) in [5, 5.41) is 43.0. The average molecular weight is 533 g/mol. The molecular formula is C31H48O7. The molecule has 0 aromatic carbocycles. The van der Waals surface area contributed by atoms with Crippen molar-refractivity contribution in [2.75, 3.05) is 13.7 Å². The molecule has 0 amide bonds. The van der Waals surface area contributed by atoms with Gasteiger partial charge >= 0.3 is 11.9 Å². The molecule has 0 bridgehead atoms. The summed E-state index contributed by atoms with van der Waals surface area (Å²) in [7, 11) is 1.41. The van der Waals surface area contributed by atoms with Crippen molar-refractivity contribution in [3.05, 3.63) is 11.6 Å². The lowest BCUT2D eigenvalue weighted by Crippen LogP contribution is -2.68. The van der Waals surface area contributed by atoms with Gasteiger partial charge in [0.25, 0.3) is 0 Å². The maximum atomic E-state index is 12.9. The van der Waals surface area contributed by atoms with E-state index in [-0.39, 0.29) is 46.6 Å². The van der Waals surface area contributed by atoms with E-state index in [0.717, 1.165) is 25.7 Å². The molecule has 4 saturated carbocycles. The number of methoxy groups -OCH3 is 1. The van der Waals surface area contributed by atoms with Crippen LogP contribution in [0.1, 0.15) is 92.4 Å². The lowest BCUT2D eigenvalue weighted by Gasteiger charge is -2.71. The van der Waals surface area contributed by atoms with Gasteiger partial charge in [-0.05, 0) is 98.7 Å². The van der Waals surface area contributed by atoms with E-state index in [2.05, 4.69) is 26.8 Å². The van der Waals surface area contributed by atoms with Crippen molar-refractivity contribution in [2.45, 2.75) is 105 Å². The van der Waals surface area contributed by atoms with E-state index in [1.54, 1.807) is 0 Å². The first-order valence-electron chi connectivity index (χ1n) is 14.6. The average Bonchev–Trinajstić information content (AvgIpc) is 2.87. The van der Waals surface area contributed by atoms with Crippen LogP contribution in [0.4, 0.5) is 0 Å². The minimum Gasteiger partial charge on any atom is -0.481 e. The van der Waals surface area contributed by atoms with E-state index in [1.165, 1.54) is 12.7 Å². The van der Waals surface area contributed by atoms with Crippen LogP contribution >= 0.6 is 0 Å². The van der Waals surface area contributed by atoms with Gasteiger partial charge in [0.05, 0.1) is 36.8 Å². The fraction of sp³-hybridized carbons (Fsp3) is 0.871. The Morgan fingerprint density at radius 2 is 1.63 bits per heavy atom. The summed E-state index contributed by atoms with van der Waals surface area (Å²) in [5.41, 5.74) is -1.76. The predicted octanol–water partition coefficient (Wildman–Crippen LogP) is 4.33. The number of ether oxygens (including phenoxy) is 1. The number of carboxylic acids is 1. The molecule has 38 heavy (non-hydrogen) atoms. The summed E-state index contributed by atoms with van der Waals surface area (Å²) in [5.74, 6) is -0.919. The fourth-order valence-corrected chi connectivity index (χ4v) is 11.0. The Kier molecular flexibility index (Phi) is 6.31. The topological polar surface area (TPSA) is 124 Å². The van der Waals surface area contributed by atoms with Gasteiger partial charge in [0.2, 0.25) is 0 Å². The number of hydrogen-bond donors (Lipinski definition) is 4. The number of hydrogen-bond acceptors (Lipinski definition) is 6. The molecule has 0 radical (unpaired) electrons. The van der Waals surface area contributed by atoms with Gasteiger partial charge in [-0.25, -0.2) is 0 Å². The smallest absolute Gasteiger partial charge is 0.311 e. The number of aliphatic hydroxyl groups is 3. The van der Waals surface area contributed by atoms with Crippen molar-refractivity contribution >= 4 is 11.9 Å². The summed E-state index contributed by atoms with van der Waals surface area (Å²) in [4.78, 5) is 25.8. The highest BCUT2D eigenvalue weighted by atomic mass is 16.5. The largest absolute Gasteiger partial charge is 0.481 e. The van der Waals surface area contributed by atoms with E-state index >= 15 is 0 Å². The molecule has 0 aliphatic heterocycles. The molecule has 7 nitrogen and oxygen atoms in total. The molecule has 214 valence electrons. The number of carboxylic acid groups (broad SMARTS) is 1. The van der Waals surface area contributed by atoms with Crippen molar-refractivity contribution in [3.8, 4) is 0 Å². The van der Waals surface area contributed by atoms with Crippen LogP contribution in [-0.2, 0) is 14.3 Å². The number of allylic oxidation sites excluding steroid dienone is 2. The molecule has 0 aromatic heterocycles. The highest BCUT2D eigenvalue weighted by Crippen LogP contribution is 2.75. The van der Waals surface area contributed by atoms with E-state index in [1.807, 2.05) is 13.8 Å². The summed E-state index contributed by atoms with van der Waals surface area (Å²) < 4.78 is 5.18. The highest BCUT2D eigenvalue weighted by molar-refractivity contribution is 5.80. The SMILES string of the molecule is COC(=O)[C@@]1(C)CCC2(C(=O)O)CC[C@]3(C)C(=CCC4C5(C)C[C@H](O)[C@H](O)[C@@](C)(CO)[C@@H]5CC[C@]43C)C2C1. The number of rotatable bonds is 3. The molecule has 5 aliphatic rings. The second-order valence-corrected chi connectivity index (χ2v) is 14.9. The van der Waals surface area contributed by atoms with Crippen LogP contribution in [0.25, 0.3) is 0 Å². The van der Waals surface area contributed by atoms with E-state index in [4.69, 9.17) is 4.74 Å². The van der Waals surface area contributed by atoms with Crippen LogP contribution in [0.2, 0.25) is 0 Å². The summed E-state index contributed by atoms with van der Waals surface area (Å²) in [6, 6.07) is 0. The Hall–Kier alpha value is -1.44. The van der Waals surface area contributed by atoms with Crippen LogP contribution in [0.3, 0.4) is 0 Å². The van der Waals surface area contributed by atoms with Crippen LogP contribution in [0.5, 0.6) is 0 Å².